The van der Waals surface area contributed by atoms with Gasteiger partial charge >= 0.3 is 5.97 Å². The van der Waals surface area contributed by atoms with Gasteiger partial charge in [0.1, 0.15) is 6.04 Å². The zero-order valence-corrected chi connectivity index (χ0v) is 13.9. The number of benzene rings is 1. The third-order valence-corrected chi connectivity index (χ3v) is 4.36. The molecule has 1 aliphatic heterocycles. The van der Waals surface area contributed by atoms with E-state index in [2.05, 4.69) is 22.3 Å². The summed E-state index contributed by atoms with van der Waals surface area (Å²) in [5, 5.41) is 11.9. The summed E-state index contributed by atoms with van der Waals surface area (Å²) < 4.78 is 0. The molecule has 1 fully saturated rings. The zero-order valence-electron chi connectivity index (χ0n) is 13.9. The van der Waals surface area contributed by atoms with E-state index in [1.54, 1.807) is 0 Å². The standard InChI is InChI=1S/C18H26N2O3/c1-13(2)16(18(22)23)19-17(21)15-9-6-10-20(12-15)11-14-7-4-3-5-8-14/h3-5,7-8,13,15-16H,6,9-12H2,1-2H3,(H,19,21)(H,22,23)/t15-,16+/m1/s1. The van der Waals surface area contributed by atoms with Gasteiger partial charge in [-0.05, 0) is 30.9 Å². The molecule has 126 valence electrons. The van der Waals surface area contributed by atoms with Gasteiger partial charge in [0.25, 0.3) is 0 Å². The van der Waals surface area contributed by atoms with Gasteiger partial charge in [0.15, 0.2) is 0 Å². The first-order valence-corrected chi connectivity index (χ1v) is 8.27. The Bertz CT molecular complexity index is 530. The molecule has 0 saturated carbocycles. The first kappa shape index (κ1) is 17.5. The van der Waals surface area contributed by atoms with Gasteiger partial charge in [0, 0.05) is 13.1 Å². The molecule has 0 aromatic heterocycles. The smallest absolute Gasteiger partial charge is 0.326 e. The number of hydrogen-bond donors (Lipinski definition) is 2. The lowest BCUT2D eigenvalue weighted by Gasteiger charge is -2.33. The molecule has 1 amide bonds. The van der Waals surface area contributed by atoms with Gasteiger partial charge in [-0.15, -0.1) is 0 Å². The Hall–Kier alpha value is -1.88. The Kier molecular flexibility index (Phi) is 6.16. The fraction of sp³-hybridized carbons (Fsp3) is 0.556. The monoisotopic (exact) mass is 318 g/mol. The predicted molar refractivity (Wildman–Crippen MR) is 88.8 cm³/mol. The average Bonchev–Trinajstić information content (AvgIpc) is 2.53. The van der Waals surface area contributed by atoms with Crippen LogP contribution < -0.4 is 5.32 Å². The lowest BCUT2D eigenvalue weighted by molar-refractivity contribution is -0.144. The van der Waals surface area contributed by atoms with E-state index < -0.39 is 12.0 Å². The molecule has 1 aromatic carbocycles. The van der Waals surface area contributed by atoms with Crippen LogP contribution in [-0.4, -0.2) is 41.0 Å². The van der Waals surface area contributed by atoms with Crippen molar-refractivity contribution >= 4 is 11.9 Å². The number of nitrogens with one attached hydrogen (secondary N) is 1. The molecule has 23 heavy (non-hydrogen) atoms. The van der Waals surface area contributed by atoms with Crippen molar-refractivity contribution in [3.63, 3.8) is 0 Å². The van der Waals surface area contributed by atoms with Gasteiger partial charge in [-0.1, -0.05) is 44.2 Å². The lowest BCUT2D eigenvalue weighted by atomic mass is 9.95. The number of piperidine rings is 1. The van der Waals surface area contributed by atoms with Crippen LogP contribution in [0.1, 0.15) is 32.3 Å². The number of carboxylic acids is 1. The highest BCUT2D eigenvalue weighted by atomic mass is 16.4. The van der Waals surface area contributed by atoms with E-state index in [-0.39, 0.29) is 17.7 Å². The number of rotatable bonds is 6. The number of hydrogen-bond acceptors (Lipinski definition) is 3. The van der Waals surface area contributed by atoms with Crippen LogP contribution in [0.25, 0.3) is 0 Å². The molecule has 1 heterocycles. The number of aliphatic carboxylic acids is 1. The lowest BCUT2D eigenvalue weighted by Crippen LogP contribution is -2.49. The van der Waals surface area contributed by atoms with Crippen molar-refractivity contribution in [2.45, 2.75) is 39.3 Å². The Morgan fingerprint density at radius 1 is 1.30 bits per heavy atom. The van der Waals surface area contributed by atoms with Crippen LogP contribution in [0.5, 0.6) is 0 Å². The summed E-state index contributed by atoms with van der Waals surface area (Å²) in [5.41, 5.74) is 1.24. The molecule has 1 saturated heterocycles. The van der Waals surface area contributed by atoms with E-state index in [9.17, 15) is 14.7 Å². The van der Waals surface area contributed by atoms with E-state index in [1.807, 2.05) is 32.0 Å². The maximum atomic E-state index is 12.4. The minimum absolute atomic E-state index is 0.125. The third-order valence-electron chi connectivity index (χ3n) is 4.36. The summed E-state index contributed by atoms with van der Waals surface area (Å²) in [7, 11) is 0. The molecule has 2 N–H and O–H groups in total. The van der Waals surface area contributed by atoms with E-state index in [0.717, 1.165) is 25.9 Å². The van der Waals surface area contributed by atoms with Crippen molar-refractivity contribution in [1.82, 2.24) is 10.2 Å². The minimum atomic E-state index is -0.967. The highest BCUT2D eigenvalue weighted by Gasteiger charge is 2.30. The predicted octanol–water partition coefficient (Wildman–Crippen LogP) is 2.12. The summed E-state index contributed by atoms with van der Waals surface area (Å²) in [6, 6.07) is 9.39. The molecule has 1 aliphatic rings. The van der Waals surface area contributed by atoms with Crippen LogP contribution in [-0.2, 0) is 16.1 Å². The summed E-state index contributed by atoms with van der Waals surface area (Å²) >= 11 is 0. The number of likely N-dealkylation sites (tertiary alicyclic amines) is 1. The Morgan fingerprint density at radius 2 is 2.00 bits per heavy atom. The Morgan fingerprint density at radius 3 is 2.61 bits per heavy atom. The van der Waals surface area contributed by atoms with Gasteiger partial charge in [0.2, 0.25) is 5.91 Å². The molecule has 5 nitrogen and oxygen atoms in total. The second-order valence-electron chi connectivity index (χ2n) is 6.63. The molecule has 2 rings (SSSR count). The fourth-order valence-electron chi connectivity index (χ4n) is 3.04. The molecule has 1 aromatic rings. The summed E-state index contributed by atoms with van der Waals surface area (Å²) in [6.07, 6.45) is 1.78. The van der Waals surface area contributed by atoms with Crippen molar-refractivity contribution in [3.8, 4) is 0 Å². The Balaban J connectivity index is 1.92. The molecular weight excluding hydrogens is 292 g/mol. The summed E-state index contributed by atoms with van der Waals surface area (Å²) in [5.74, 6) is -1.36. The summed E-state index contributed by atoms with van der Waals surface area (Å²) in [6.45, 7) is 6.11. The van der Waals surface area contributed by atoms with Crippen LogP contribution in [0.3, 0.4) is 0 Å². The van der Waals surface area contributed by atoms with Crippen molar-refractivity contribution in [2.75, 3.05) is 13.1 Å². The zero-order chi connectivity index (χ0) is 16.8. The van der Waals surface area contributed by atoms with Crippen molar-refractivity contribution in [3.05, 3.63) is 35.9 Å². The molecule has 0 spiro atoms. The van der Waals surface area contributed by atoms with Crippen molar-refractivity contribution in [2.24, 2.45) is 11.8 Å². The number of carbonyl (C=O) groups is 2. The van der Waals surface area contributed by atoms with E-state index >= 15 is 0 Å². The van der Waals surface area contributed by atoms with Crippen molar-refractivity contribution < 1.29 is 14.7 Å². The van der Waals surface area contributed by atoms with Crippen LogP contribution in [0.2, 0.25) is 0 Å². The topological polar surface area (TPSA) is 69.6 Å². The number of amides is 1. The van der Waals surface area contributed by atoms with E-state index in [4.69, 9.17) is 0 Å². The van der Waals surface area contributed by atoms with Gasteiger partial charge < -0.3 is 10.4 Å². The normalized spacial score (nSPS) is 20.2. The average molecular weight is 318 g/mol. The van der Waals surface area contributed by atoms with Crippen LogP contribution in [0.4, 0.5) is 0 Å². The van der Waals surface area contributed by atoms with E-state index in [0.29, 0.717) is 6.54 Å². The van der Waals surface area contributed by atoms with Crippen LogP contribution in [0, 0.1) is 11.8 Å². The van der Waals surface area contributed by atoms with Gasteiger partial charge in [-0.3, -0.25) is 9.69 Å². The number of carbonyl (C=O) groups excluding carboxylic acids is 1. The molecule has 0 bridgehead atoms. The highest BCUT2D eigenvalue weighted by molar-refractivity contribution is 5.85. The maximum Gasteiger partial charge on any atom is 0.326 e. The fourth-order valence-corrected chi connectivity index (χ4v) is 3.04. The second kappa shape index (κ2) is 8.11. The van der Waals surface area contributed by atoms with Crippen LogP contribution in [0.15, 0.2) is 30.3 Å². The van der Waals surface area contributed by atoms with Gasteiger partial charge in [-0.2, -0.15) is 0 Å². The second-order valence-corrected chi connectivity index (χ2v) is 6.63. The van der Waals surface area contributed by atoms with Gasteiger partial charge in [0.05, 0.1) is 5.92 Å². The minimum Gasteiger partial charge on any atom is -0.480 e. The number of nitrogens with zero attached hydrogens (tertiary/aromatic N) is 1. The highest BCUT2D eigenvalue weighted by Crippen LogP contribution is 2.19. The maximum absolute atomic E-state index is 12.4. The van der Waals surface area contributed by atoms with Gasteiger partial charge in [-0.25, -0.2) is 4.79 Å². The first-order valence-electron chi connectivity index (χ1n) is 8.27. The molecule has 5 heteroatoms. The number of carboxylic acid groups (broad SMARTS) is 1. The summed E-state index contributed by atoms with van der Waals surface area (Å²) in [4.78, 5) is 25.9. The largest absolute Gasteiger partial charge is 0.480 e. The Labute approximate surface area is 137 Å². The molecule has 2 atom stereocenters. The molecule has 0 unspecified atom stereocenters. The van der Waals surface area contributed by atoms with Crippen LogP contribution >= 0.6 is 0 Å². The quantitative estimate of drug-likeness (QED) is 0.843. The van der Waals surface area contributed by atoms with E-state index in [1.165, 1.54) is 5.56 Å². The SMILES string of the molecule is CC(C)[C@H](NC(=O)[C@@H]1CCCN(Cc2ccccc2)C1)C(=O)O. The molecular formula is C18H26N2O3. The van der Waals surface area contributed by atoms with Crippen molar-refractivity contribution in [1.29, 1.82) is 0 Å². The molecule has 0 radical (unpaired) electrons. The first-order chi connectivity index (χ1) is 11.0. The third kappa shape index (κ3) is 5.06. The molecule has 0 aliphatic carbocycles.